The lowest BCUT2D eigenvalue weighted by Crippen LogP contribution is -2.43. The SMILES string of the molecule is C=CC1=C(N=CCBr)C(=C2CCN(C(=O)CC3CCN(C(N)=O)CC3)CC2)c2ccc(O)c(Br)c2CC1. The molecular weight excluding hydrogens is 600 g/mol. The van der Waals surface area contributed by atoms with E-state index in [1.807, 2.05) is 23.3 Å². The van der Waals surface area contributed by atoms with Crippen molar-refractivity contribution in [2.45, 2.75) is 44.9 Å². The van der Waals surface area contributed by atoms with Crippen molar-refractivity contribution in [3.8, 4) is 5.75 Å². The Hall–Kier alpha value is -2.39. The van der Waals surface area contributed by atoms with E-state index in [2.05, 4.69) is 38.4 Å². The van der Waals surface area contributed by atoms with E-state index >= 15 is 0 Å². The van der Waals surface area contributed by atoms with Crippen LogP contribution in [0.25, 0.3) is 5.57 Å². The van der Waals surface area contributed by atoms with E-state index in [-0.39, 0.29) is 17.7 Å². The van der Waals surface area contributed by atoms with Crippen molar-refractivity contribution in [1.29, 1.82) is 0 Å². The summed E-state index contributed by atoms with van der Waals surface area (Å²) in [6.07, 6.45) is 9.02. The molecular formula is C28H34Br2N4O3. The number of allylic oxidation sites excluding steroid dienone is 3. The predicted octanol–water partition coefficient (Wildman–Crippen LogP) is 5.56. The number of nitrogens with zero attached hydrogens (tertiary/aromatic N) is 3. The molecule has 3 aliphatic rings. The van der Waals surface area contributed by atoms with Gasteiger partial charge < -0.3 is 20.6 Å². The fourth-order valence-electron chi connectivity index (χ4n) is 5.59. The quantitative estimate of drug-likeness (QED) is 0.328. The number of aromatic hydroxyl groups is 1. The Kier molecular flexibility index (Phi) is 9.29. The zero-order valence-electron chi connectivity index (χ0n) is 21.0. The first-order valence-electron chi connectivity index (χ1n) is 12.8. The Morgan fingerprint density at radius 1 is 1.11 bits per heavy atom. The number of rotatable bonds is 5. The number of hydrogen-bond donors (Lipinski definition) is 2. The lowest BCUT2D eigenvalue weighted by atomic mass is 9.88. The molecule has 0 radical (unpaired) electrons. The van der Waals surface area contributed by atoms with Gasteiger partial charge in [0.15, 0.2) is 0 Å². The third-order valence-corrected chi connectivity index (χ3v) is 8.85. The standard InChI is InChI=1S/C28H34Br2N4O3/c1-2-19-3-4-22-21(5-6-23(35)26(22)30)25(27(19)32-12-11-29)20-9-15-33(16-10-20)24(36)17-18-7-13-34(14-8-18)28(31)37/h2,5-6,12,18,35H,1,3-4,7-11,13-17H2,(H2,31,37). The lowest BCUT2D eigenvalue weighted by molar-refractivity contribution is -0.132. The van der Waals surface area contributed by atoms with Gasteiger partial charge in [0.1, 0.15) is 5.75 Å². The second-order valence-electron chi connectivity index (χ2n) is 9.80. The Bertz CT molecular complexity index is 1160. The number of alkyl halides is 1. The summed E-state index contributed by atoms with van der Waals surface area (Å²) in [6, 6.07) is 3.34. The monoisotopic (exact) mass is 632 g/mol. The van der Waals surface area contributed by atoms with Crippen molar-refractivity contribution >= 4 is 55.6 Å². The molecule has 37 heavy (non-hydrogen) atoms. The highest BCUT2D eigenvalue weighted by molar-refractivity contribution is 9.10. The fraction of sp³-hybridized carbons (Fsp3) is 0.464. The second-order valence-corrected chi connectivity index (χ2v) is 11.2. The molecule has 1 aromatic rings. The molecule has 0 unspecified atom stereocenters. The van der Waals surface area contributed by atoms with Crippen LogP contribution in [0.1, 0.15) is 49.7 Å². The van der Waals surface area contributed by atoms with E-state index in [1.54, 1.807) is 11.0 Å². The number of piperidine rings is 2. The normalized spacial score (nSPS) is 19.3. The number of carbonyl (C=O) groups is 2. The highest BCUT2D eigenvalue weighted by Gasteiger charge is 2.30. The average Bonchev–Trinajstić information content (AvgIpc) is 3.06. The van der Waals surface area contributed by atoms with Gasteiger partial charge in [-0.3, -0.25) is 9.79 Å². The van der Waals surface area contributed by atoms with Gasteiger partial charge in [0, 0.05) is 49.7 Å². The Morgan fingerprint density at radius 2 is 1.81 bits per heavy atom. The minimum atomic E-state index is -0.378. The van der Waals surface area contributed by atoms with Crippen molar-refractivity contribution in [1.82, 2.24) is 9.80 Å². The fourth-order valence-corrected chi connectivity index (χ4v) is 6.28. The maximum atomic E-state index is 13.1. The second kappa shape index (κ2) is 12.4. The van der Waals surface area contributed by atoms with Crippen LogP contribution in [0.5, 0.6) is 5.75 Å². The van der Waals surface area contributed by atoms with E-state index in [0.717, 1.165) is 71.0 Å². The van der Waals surface area contributed by atoms with Crippen LogP contribution < -0.4 is 5.73 Å². The number of phenolic OH excluding ortho intramolecular Hbond substituents is 1. The largest absolute Gasteiger partial charge is 0.507 e. The predicted molar refractivity (Wildman–Crippen MR) is 155 cm³/mol. The van der Waals surface area contributed by atoms with Crippen molar-refractivity contribution < 1.29 is 14.7 Å². The number of phenols is 1. The molecule has 2 fully saturated rings. The zero-order chi connectivity index (χ0) is 26.5. The van der Waals surface area contributed by atoms with Gasteiger partial charge in [-0.25, -0.2) is 4.79 Å². The molecule has 0 aromatic heterocycles. The highest BCUT2D eigenvalue weighted by Crippen LogP contribution is 2.44. The van der Waals surface area contributed by atoms with Crippen LogP contribution in [0.3, 0.4) is 0 Å². The van der Waals surface area contributed by atoms with Gasteiger partial charge in [-0.15, -0.1) is 0 Å². The summed E-state index contributed by atoms with van der Waals surface area (Å²) in [6.45, 7) is 6.66. The summed E-state index contributed by atoms with van der Waals surface area (Å²) in [5.74, 6) is 0.720. The van der Waals surface area contributed by atoms with E-state index in [4.69, 9.17) is 10.7 Å². The molecule has 1 aromatic carbocycles. The first kappa shape index (κ1) is 27.6. The maximum absolute atomic E-state index is 13.1. The Morgan fingerprint density at radius 3 is 2.43 bits per heavy atom. The summed E-state index contributed by atoms with van der Waals surface area (Å²) in [5.41, 5.74) is 11.9. The van der Waals surface area contributed by atoms with Crippen LogP contribution in [0.4, 0.5) is 4.79 Å². The molecule has 0 spiro atoms. The zero-order valence-corrected chi connectivity index (χ0v) is 24.2. The maximum Gasteiger partial charge on any atom is 0.314 e. The van der Waals surface area contributed by atoms with E-state index in [0.29, 0.717) is 43.8 Å². The molecule has 0 atom stereocenters. The third-order valence-electron chi connectivity index (χ3n) is 7.68. The van der Waals surface area contributed by atoms with Crippen LogP contribution in [0.2, 0.25) is 0 Å². The number of hydrogen-bond acceptors (Lipinski definition) is 4. The average molecular weight is 634 g/mol. The van der Waals surface area contributed by atoms with Gasteiger partial charge in [0.2, 0.25) is 5.91 Å². The smallest absolute Gasteiger partial charge is 0.314 e. The van der Waals surface area contributed by atoms with E-state index < -0.39 is 0 Å². The highest BCUT2D eigenvalue weighted by atomic mass is 79.9. The van der Waals surface area contributed by atoms with Crippen molar-refractivity contribution in [2.75, 3.05) is 31.5 Å². The van der Waals surface area contributed by atoms with Crippen LogP contribution in [0, 0.1) is 5.92 Å². The van der Waals surface area contributed by atoms with Crippen LogP contribution in [-0.2, 0) is 11.2 Å². The van der Waals surface area contributed by atoms with Crippen LogP contribution in [0.15, 0.2) is 51.1 Å². The van der Waals surface area contributed by atoms with Gasteiger partial charge >= 0.3 is 6.03 Å². The first-order chi connectivity index (χ1) is 17.8. The molecule has 7 nitrogen and oxygen atoms in total. The molecule has 9 heteroatoms. The summed E-state index contributed by atoms with van der Waals surface area (Å²) in [4.78, 5) is 33.0. The Balaban J connectivity index is 1.57. The third kappa shape index (κ3) is 6.20. The van der Waals surface area contributed by atoms with Gasteiger partial charge in [0.05, 0.1) is 10.2 Å². The molecule has 198 valence electrons. The molecule has 3 N–H and O–H groups in total. The van der Waals surface area contributed by atoms with Crippen molar-refractivity contribution in [3.05, 3.63) is 57.2 Å². The molecule has 3 amide bonds. The number of likely N-dealkylation sites (tertiary alicyclic amines) is 2. The van der Waals surface area contributed by atoms with Crippen molar-refractivity contribution in [2.24, 2.45) is 16.6 Å². The lowest BCUT2D eigenvalue weighted by Gasteiger charge is -2.34. The number of amides is 3. The first-order valence-corrected chi connectivity index (χ1v) is 14.7. The number of benzene rings is 1. The van der Waals surface area contributed by atoms with E-state index in [1.165, 1.54) is 5.57 Å². The number of primary amides is 1. The van der Waals surface area contributed by atoms with Gasteiger partial charge in [0.25, 0.3) is 0 Å². The molecule has 4 rings (SSSR count). The van der Waals surface area contributed by atoms with Crippen LogP contribution in [-0.4, -0.2) is 64.6 Å². The van der Waals surface area contributed by atoms with Crippen LogP contribution >= 0.6 is 31.9 Å². The summed E-state index contributed by atoms with van der Waals surface area (Å²) >= 11 is 7.07. The molecule has 2 heterocycles. The number of aliphatic imine (C=N–C) groups is 1. The van der Waals surface area contributed by atoms with Crippen molar-refractivity contribution in [3.63, 3.8) is 0 Å². The number of urea groups is 1. The number of nitrogens with two attached hydrogens (primary N) is 1. The van der Waals surface area contributed by atoms with Gasteiger partial charge in [-0.05, 0) is 83.1 Å². The molecule has 2 saturated heterocycles. The molecule has 0 bridgehead atoms. The number of carbonyl (C=O) groups excluding carboxylic acids is 2. The number of halogens is 2. The Labute approximate surface area is 235 Å². The van der Waals surface area contributed by atoms with Gasteiger partial charge in [-0.1, -0.05) is 40.2 Å². The summed E-state index contributed by atoms with van der Waals surface area (Å²) < 4.78 is 0.729. The minimum absolute atomic E-state index is 0.190. The minimum Gasteiger partial charge on any atom is -0.507 e. The summed E-state index contributed by atoms with van der Waals surface area (Å²) in [7, 11) is 0. The summed E-state index contributed by atoms with van der Waals surface area (Å²) in [5, 5.41) is 11.0. The van der Waals surface area contributed by atoms with E-state index in [9.17, 15) is 14.7 Å². The molecule has 0 saturated carbocycles. The van der Waals surface area contributed by atoms with Gasteiger partial charge in [-0.2, -0.15) is 0 Å². The topological polar surface area (TPSA) is 99.2 Å². The number of fused-ring (bicyclic) bond motifs is 1. The molecule has 2 aliphatic heterocycles. The molecule has 1 aliphatic carbocycles.